The van der Waals surface area contributed by atoms with Gasteiger partial charge in [-0.3, -0.25) is 4.79 Å². The number of aliphatic hydroxyl groups excluding tert-OH is 4. The molecule has 6 nitrogen and oxygen atoms in total. The number of amides is 1. The SMILES string of the molecule is CCCCCCCCCCCCCCC/C=C/CC/C=C/CC/C=C/CCCC(O)C(O)C(CO)NC(=O)C(O)CCCCCCCCCCCCCCCCCC/C=C\CCCCCCCCCCCCCCCCCC. The van der Waals surface area contributed by atoms with Gasteiger partial charge in [-0.15, -0.1) is 0 Å². The maximum absolute atomic E-state index is 12.7. The van der Waals surface area contributed by atoms with Crippen LogP contribution in [0.25, 0.3) is 0 Å². The van der Waals surface area contributed by atoms with E-state index in [4.69, 9.17) is 0 Å². The molecular formula is C72H137NO5. The smallest absolute Gasteiger partial charge is 0.249 e. The number of carbonyl (C=O) groups is 1. The molecule has 0 aromatic rings. The number of nitrogens with one attached hydrogen (secondary N) is 1. The Morgan fingerprint density at radius 3 is 0.808 bits per heavy atom. The van der Waals surface area contributed by atoms with Crippen LogP contribution in [0.3, 0.4) is 0 Å². The Morgan fingerprint density at radius 2 is 0.538 bits per heavy atom. The van der Waals surface area contributed by atoms with Crippen molar-refractivity contribution in [2.45, 2.75) is 398 Å². The van der Waals surface area contributed by atoms with E-state index in [1.807, 2.05) is 0 Å². The first-order chi connectivity index (χ1) is 38.5. The van der Waals surface area contributed by atoms with E-state index in [0.29, 0.717) is 19.3 Å². The molecule has 0 aliphatic carbocycles. The van der Waals surface area contributed by atoms with Crippen molar-refractivity contribution in [2.75, 3.05) is 6.61 Å². The molecule has 460 valence electrons. The average molecular weight is 1100 g/mol. The molecule has 4 atom stereocenters. The van der Waals surface area contributed by atoms with Crippen LogP contribution >= 0.6 is 0 Å². The minimum atomic E-state index is -1.30. The molecule has 0 aliphatic rings. The summed E-state index contributed by atoms with van der Waals surface area (Å²) in [7, 11) is 0. The monoisotopic (exact) mass is 1100 g/mol. The van der Waals surface area contributed by atoms with E-state index < -0.39 is 36.9 Å². The summed E-state index contributed by atoms with van der Waals surface area (Å²) >= 11 is 0. The number of carbonyl (C=O) groups excluding carboxylic acids is 1. The van der Waals surface area contributed by atoms with Gasteiger partial charge in [0.15, 0.2) is 0 Å². The van der Waals surface area contributed by atoms with E-state index in [2.05, 4.69) is 67.8 Å². The fourth-order valence-electron chi connectivity index (χ4n) is 11.0. The van der Waals surface area contributed by atoms with Gasteiger partial charge in [0.05, 0.1) is 18.8 Å². The Morgan fingerprint density at radius 1 is 0.308 bits per heavy atom. The summed E-state index contributed by atoms with van der Waals surface area (Å²) < 4.78 is 0. The highest BCUT2D eigenvalue weighted by molar-refractivity contribution is 5.80. The number of hydrogen-bond donors (Lipinski definition) is 5. The molecule has 5 N–H and O–H groups in total. The predicted molar refractivity (Wildman–Crippen MR) is 343 cm³/mol. The van der Waals surface area contributed by atoms with Gasteiger partial charge in [-0.05, 0) is 89.9 Å². The Hall–Kier alpha value is -1.73. The highest BCUT2D eigenvalue weighted by atomic mass is 16.3. The zero-order valence-electron chi connectivity index (χ0n) is 52.4. The summed E-state index contributed by atoms with van der Waals surface area (Å²) in [5.74, 6) is -0.595. The molecule has 4 unspecified atom stereocenters. The minimum absolute atomic E-state index is 0.360. The van der Waals surface area contributed by atoms with Gasteiger partial charge in [0.25, 0.3) is 0 Å². The van der Waals surface area contributed by atoms with Crippen molar-refractivity contribution in [1.82, 2.24) is 5.32 Å². The third kappa shape index (κ3) is 58.9. The molecule has 6 heteroatoms. The summed E-state index contributed by atoms with van der Waals surface area (Å²) in [6.07, 6.45) is 86.7. The second-order valence-electron chi connectivity index (χ2n) is 24.2. The van der Waals surface area contributed by atoms with Gasteiger partial charge < -0.3 is 25.7 Å². The molecule has 0 saturated carbocycles. The molecule has 78 heavy (non-hydrogen) atoms. The lowest BCUT2D eigenvalue weighted by Crippen LogP contribution is -2.53. The molecule has 0 aliphatic heterocycles. The summed E-state index contributed by atoms with van der Waals surface area (Å²) in [6, 6.07) is -1.01. The molecule has 0 heterocycles. The van der Waals surface area contributed by atoms with E-state index in [1.54, 1.807) is 0 Å². The summed E-state index contributed by atoms with van der Waals surface area (Å²) in [6.45, 7) is 4.09. The van der Waals surface area contributed by atoms with Gasteiger partial charge in [0.1, 0.15) is 12.2 Å². The van der Waals surface area contributed by atoms with Gasteiger partial charge in [-0.1, -0.05) is 332 Å². The first kappa shape index (κ1) is 76.3. The maximum atomic E-state index is 12.7. The molecule has 1 amide bonds. The highest BCUT2D eigenvalue weighted by Crippen LogP contribution is 2.19. The van der Waals surface area contributed by atoms with Crippen LogP contribution in [0.2, 0.25) is 0 Å². The number of allylic oxidation sites excluding steroid dienone is 8. The van der Waals surface area contributed by atoms with E-state index in [1.165, 1.54) is 289 Å². The Kier molecular flexibility index (Phi) is 64.6. The summed E-state index contributed by atoms with van der Waals surface area (Å²) in [5, 5.41) is 44.2. The first-order valence-electron chi connectivity index (χ1n) is 35.0. The van der Waals surface area contributed by atoms with Crippen molar-refractivity contribution < 1.29 is 25.2 Å². The lowest BCUT2D eigenvalue weighted by atomic mass is 10.00. The van der Waals surface area contributed by atoms with Crippen LogP contribution in [0.4, 0.5) is 0 Å². The molecule has 0 radical (unpaired) electrons. The molecular weight excluding hydrogens is 959 g/mol. The second-order valence-corrected chi connectivity index (χ2v) is 24.2. The number of hydrogen-bond acceptors (Lipinski definition) is 5. The first-order valence-corrected chi connectivity index (χ1v) is 35.0. The Balaban J connectivity index is 3.59. The molecule has 0 rings (SSSR count). The van der Waals surface area contributed by atoms with E-state index in [0.717, 1.165) is 51.4 Å². The van der Waals surface area contributed by atoms with Crippen LogP contribution in [0.5, 0.6) is 0 Å². The van der Waals surface area contributed by atoms with E-state index in [9.17, 15) is 25.2 Å². The average Bonchev–Trinajstić information content (AvgIpc) is 3.45. The van der Waals surface area contributed by atoms with Crippen LogP contribution in [-0.2, 0) is 4.79 Å². The van der Waals surface area contributed by atoms with Crippen molar-refractivity contribution in [3.05, 3.63) is 48.6 Å². The molecule has 0 bridgehead atoms. The number of rotatable bonds is 65. The van der Waals surface area contributed by atoms with Gasteiger partial charge in [-0.25, -0.2) is 0 Å². The van der Waals surface area contributed by atoms with Crippen molar-refractivity contribution >= 4 is 5.91 Å². The lowest BCUT2D eigenvalue weighted by molar-refractivity contribution is -0.132. The Bertz CT molecular complexity index is 1280. The third-order valence-electron chi connectivity index (χ3n) is 16.5. The molecule has 0 aromatic heterocycles. The van der Waals surface area contributed by atoms with Crippen LogP contribution in [0.1, 0.15) is 373 Å². The van der Waals surface area contributed by atoms with Crippen molar-refractivity contribution in [3.63, 3.8) is 0 Å². The van der Waals surface area contributed by atoms with Gasteiger partial charge in [-0.2, -0.15) is 0 Å². The van der Waals surface area contributed by atoms with Crippen LogP contribution in [0.15, 0.2) is 48.6 Å². The number of aliphatic hydroxyl groups is 4. The van der Waals surface area contributed by atoms with Crippen LogP contribution in [0, 0.1) is 0 Å². The quantitative estimate of drug-likeness (QED) is 0.0308. The van der Waals surface area contributed by atoms with E-state index >= 15 is 0 Å². The third-order valence-corrected chi connectivity index (χ3v) is 16.5. The molecule has 0 saturated heterocycles. The highest BCUT2D eigenvalue weighted by Gasteiger charge is 2.28. The van der Waals surface area contributed by atoms with E-state index in [-0.39, 0.29) is 0 Å². The number of unbranched alkanes of at least 4 members (excludes halogenated alkanes) is 48. The molecule has 0 aromatic carbocycles. The van der Waals surface area contributed by atoms with Gasteiger partial charge in [0, 0.05) is 0 Å². The fraction of sp³-hybridized carbons (Fsp3) is 0.875. The predicted octanol–water partition coefficient (Wildman–Crippen LogP) is 21.7. The van der Waals surface area contributed by atoms with Gasteiger partial charge in [0.2, 0.25) is 5.91 Å². The normalized spacial score (nSPS) is 13.8. The van der Waals surface area contributed by atoms with Crippen molar-refractivity contribution in [1.29, 1.82) is 0 Å². The standard InChI is InChI=1S/C72H137NO5/c1-3-5-7-9-11-13-15-17-19-21-23-25-27-29-31-32-33-34-35-36-37-38-39-40-42-44-46-48-50-52-54-56-58-60-62-64-66-70(76)72(78)73-68(67-74)71(77)69(75)65-63-61-59-57-55-53-51-49-47-45-43-41-30-28-26-24-22-20-18-16-14-12-10-8-6-4-2/h34-35,41,43,49,51,57,59,68-71,74-77H,3-33,36-40,42,44-48,50,52-56,58,60-67H2,1-2H3,(H,73,78)/b35-34-,43-41+,51-49+,59-57+. The molecule has 0 spiro atoms. The minimum Gasteiger partial charge on any atom is -0.394 e. The summed E-state index contributed by atoms with van der Waals surface area (Å²) in [4.78, 5) is 12.7. The summed E-state index contributed by atoms with van der Waals surface area (Å²) in [5.41, 5.74) is 0. The molecule has 0 fully saturated rings. The topological polar surface area (TPSA) is 110 Å². The van der Waals surface area contributed by atoms with Crippen LogP contribution in [-0.4, -0.2) is 57.3 Å². The second kappa shape index (κ2) is 66.1. The largest absolute Gasteiger partial charge is 0.394 e. The fourth-order valence-corrected chi connectivity index (χ4v) is 11.0. The van der Waals surface area contributed by atoms with Crippen molar-refractivity contribution in [3.8, 4) is 0 Å². The Labute approximate surface area is 487 Å². The lowest BCUT2D eigenvalue weighted by Gasteiger charge is -2.27. The maximum Gasteiger partial charge on any atom is 0.249 e. The zero-order valence-corrected chi connectivity index (χ0v) is 52.4. The van der Waals surface area contributed by atoms with Gasteiger partial charge >= 0.3 is 0 Å². The van der Waals surface area contributed by atoms with Crippen LogP contribution < -0.4 is 5.32 Å². The zero-order chi connectivity index (χ0) is 56.6. The van der Waals surface area contributed by atoms with Crippen molar-refractivity contribution in [2.24, 2.45) is 0 Å².